The average molecular weight is 455 g/mol. The molecule has 0 aliphatic heterocycles. The SMILES string of the molecule is C=C(CCOC(=O)CC)CCOC(=O)CCOC(=O)C(C)CC/C(C)=C/COC(=O)CC. The minimum atomic E-state index is -0.448. The summed E-state index contributed by atoms with van der Waals surface area (Å²) in [6.45, 7) is 11.7. The summed E-state index contributed by atoms with van der Waals surface area (Å²) < 4.78 is 20.2. The van der Waals surface area contributed by atoms with Crippen LogP contribution in [0.1, 0.15) is 72.6 Å². The Bertz CT molecular complexity index is 650. The first-order valence-corrected chi connectivity index (χ1v) is 11.1. The van der Waals surface area contributed by atoms with E-state index in [2.05, 4.69) is 6.58 Å². The van der Waals surface area contributed by atoms with Crippen molar-refractivity contribution in [3.8, 4) is 0 Å². The van der Waals surface area contributed by atoms with Gasteiger partial charge in [-0.15, -0.1) is 0 Å². The Morgan fingerprint density at radius 2 is 1.31 bits per heavy atom. The lowest BCUT2D eigenvalue weighted by atomic mass is 10.0. The molecule has 0 fully saturated rings. The summed E-state index contributed by atoms with van der Waals surface area (Å²) in [6.07, 6.45) is 4.79. The molecule has 8 nitrogen and oxygen atoms in total. The molecule has 0 saturated heterocycles. The largest absolute Gasteiger partial charge is 0.465 e. The van der Waals surface area contributed by atoms with Gasteiger partial charge in [-0.25, -0.2) is 0 Å². The fourth-order valence-corrected chi connectivity index (χ4v) is 2.34. The molecule has 0 aromatic heterocycles. The first-order valence-electron chi connectivity index (χ1n) is 11.1. The number of hydrogen-bond acceptors (Lipinski definition) is 8. The number of ether oxygens (including phenoxy) is 4. The lowest BCUT2D eigenvalue weighted by Gasteiger charge is -2.12. The van der Waals surface area contributed by atoms with Gasteiger partial charge in [-0.1, -0.05) is 38.5 Å². The summed E-state index contributed by atoms with van der Waals surface area (Å²) in [7, 11) is 0. The van der Waals surface area contributed by atoms with Crippen molar-refractivity contribution in [2.75, 3.05) is 26.4 Å². The topological polar surface area (TPSA) is 105 Å². The van der Waals surface area contributed by atoms with Crippen molar-refractivity contribution in [2.24, 2.45) is 5.92 Å². The minimum Gasteiger partial charge on any atom is -0.465 e. The molecule has 0 heterocycles. The molecule has 0 radical (unpaired) electrons. The Morgan fingerprint density at radius 1 is 0.781 bits per heavy atom. The average Bonchev–Trinajstić information content (AvgIpc) is 2.76. The van der Waals surface area contributed by atoms with Crippen LogP contribution >= 0.6 is 0 Å². The summed E-state index contributed by atoms with van der Waals surface area (Å²) in [5, 5.41) is 0. The van der Waals surface area contributed by atoms with Crippen LogP contribution in [0, 0.1) is 5.92 Å². The van der Waals surface area contributed by atoms with Crippen LogP contribution in [-0.4, -0.2) is 50.3 Å². The van der Waals surface area contributed by atoms with Gasteiger partial charge in [0.25, 0.3) is 0 Å². The number of hydrogen-bond donors (Lipinski definition) is 0. The molecule has 1 unspecified atom stereocenters. The molecule has 8 heteroatoms. The quantitative estimate of drug-likeness (QED) is 0.184. The van der Waals surface area contributed by atoms with Gasteiger partial charge in [-0.2, -0.15) is 0 Å². The van der Waals surface area contributed by atoms with E-state index in [1.54, 1.807) is 20.8 Å². The van der Waals surface area contributed by atoms with Gasteiger partial charge >= 0.3 is 23.9 Å². The van der Waals surface area contributed by atoms with Gasteiger partial charge in [0.2, 0.25) is 0 Å². The Balaban J connectivity index is 3.89. The first-order chi connectivity index (χ1) is 15.2. The Labute approximate surface area is 191 Å². The number of carbonyl (C=O) groups excluding carboxylic acids is 4. The van der Waals surface area contributed by atoms with Crippen LogP contribution < -0.4 is 0 Å². The van der Waals surface area contributed by atoms with Crippen LogP contribution in [0.15, 0.2) is 23.8 Å². The summed E-state index contributed by atoms with van der Waals surface area (Å²) in [4.78, 5) is 45.9. The van der Waals surface area contributed by atoms with Crippen molar-refractivity contribution in [3.05, 3.63) is 23.8 Å². The standard InChI is InChI=1S/C24H38O8/c1-6-21(25)29-14-10-18(3)8-9-20(5)24(28)32-17-13-23(27)31-16-12-19(4)11-15-30-22(26)7-2/h10,20H,4,6-9,11-17H2,1-3,5H3/b18-10+. The molecule has 0 amide bonds. The summed E-state index contributed by atoms with van der Waals surface area (Å²) >= 11 is 0. The Morgan fingerprint density at radius 3 is 1.91 bits per heavy atom. The van der Waals surface area contributed by atoms with Crippen molar-refractivity contribution in [1.82, 2.24) is 0 Å². The maximum absolute atomic E-state index is 12.0. The zero-order valence-electron chi connectivity index (χ0n) is 19.9. The van der Waals surface area contributed by atoms with Crippen molar-refractivity contribution < 1.29 is 38.1 Å². The van der Waals surface area contributed by atoms with E-state index in [-0.39, 0.29) is 56.7 Å². The molecule has 0 rings (SSSR count). The predicted octanol–water partition coefficient (Wildman–Crippen LogP) is 4.07. The van der Waals surface area contributed by atoms with E-state index in [4.69, 9.17) is 18.9 Å². The maximum atomic E-state index is 12.0. The third-order valence-corrected chi connectivity index (χ3v) is 4.62. The van der Waals surface area contributed by atoms with Crippen molar-refractivity contribution >= 4 is 23.9 Å². The summed E-state index contributed by atoms with van der Waals surface area (Å²) in [5.74, 6) is -1.62. The van der Waals surface area contributed by atoms with Gasteiger partial charge in [0.05, 0.1) is 25.6 Å². The van der Waals surface area contributed by atoms with Crippen molar-refractivity contribution in [3.63, 3.8) is 0 Å². The molecule has 32 heavy (non-hydrogen) atoms. The van der Waals surface area contributed by atoms with Crippen LogP contribution in [-0.2, 0) is 38.1 Å². The van der Waals surface area contributed by atoms with Crippen molar-refractivity contribution in [2.45, 2.75) is 72.6 Å². The van der Waals surface area contributed by atoms with E-state index in [0.29, 0.717) is 38.5 Å². The number of allylic oxidation sites excluding steroid dienone is 1. The Kier molecular flexibility index (Phi) is 16.5. The van der Waals surface area contributed by atoms with E-state index >= 15 is 0 Å². The molecule has 0 aliphatic rings. The van der Waals surface area contributed by atoms with Gasteiger partial charge in [-0.3, -0.25) is 19.2 Å². The maximum Gasteiger partial charge on any atom is 0.309 e. The fraction of sp³-hybridized carbons (Fsp3) is 0.667. The first kappa shape index (κ1) is 29.4. The lowest BCUT2D eigenvalue weighted by molar-refractivity contribution is -0.152. The number of esters is 4. The molecule has 182 valence electrons. The highest BCUT2D eigenvalue weighted by molar-refractivity contribution is 5.73. The smallest absolute Gasteiger partial charge is 0.309 e. The van der Waals surface area contributed by atoms with Crippen molar-refractivity contribution in [1.29, 1.82) is 0 Å². The number of carbonyl (C=O) groups is 4. The normalized spacial score (nSPS) is 11.9. The van der Waals surface area contributed by atoms with Crippen LogP contribution in [0.4, 0.5) is 0 Å². The van der Waals surface area contributed by atoms with E-state index in [1.807, 2.05) is 13.0 Å². The van der Waals surface area contributed by atoms with Gasteiger partial charge in [0, 0.05) is 25.7 Å². The second kappa shape index (κ2) is 18.0. The van der Waals surface area contributed by atoms with Gasteiger partial charge < -0.3 is 18.9 Å². The molecule has 1 atom stereocenters. The van der Waals surface area contributed by atoms with E-state index in [9.17, 15) is 19.2 Å². The third-order valence-electron chi connectivity index (χ3n) is 4.62. The van der Waals surface area contributed by atoms with E-state index in [1.165, 1.54) is 0 Å². The van der Waals surface area contributed by atoms with Gasteiger partial charge in [0.15, 0.2) is 0 Å². The molecule has 0 aromatic rings. The highest BCUT2D eigenvalue weighted by Crippen LogP contribution is 2.13. The van der Waals surface area contributed by atoms with Gasteiger partial charge in [0.1, 0.15) is 13.2 Å². The van der Waals surface area contributed by atoms with Crippen LogP contribution in [0.3, 0.4) is 0 Å². The summed E-state index contributed by atoms with van der Waals surface area (Å²) in [6, 6.07) is 0. The molecular formula is C24H38O8. The molecule has 0 bridgehead atoms. The number of rotatable bonds is 17. The molecule has 0 N–H and O–H groups in total. The fourth-order valence-electron chi connectivity index (χ4n) is 2.34. The Hall–Kier alpha value is -2.64. The van der Waals surface area contributed by atoms with Crippen LogP contribution in [0.5, 0.6) is 0 Å². The van der Waals surface area contributed by atoms with Crippen LogP contribution in [0.25, 0.3) is 0 Å². The monoisotopic (exact) mass is 454 g/mol. The second-order valence-corrected chi connectivity index (χ2v) is 7.49. The molecule has 0 saturated carbocycles. The highest BCUT2D eigenvalue weighted by atomic mass is 16.6. The predicted molar refractivity (Wildman–Crippen MR) is 120 cm³/mol. The zero-order chi connectivity index (χ0) is 24.4. The minimum absolute atomic E-state index is 0.0131. The lowest BCUT2D eigenvalue weighted by Crippen LogP contribution is -2.18. The highest BCUT2D eigenvalue weighted by Gasteiger charge is 2.15. The molecular weight excluding hydrogens is 416 g/mol. The summed E-state index contributed by atoms with van der Waals surface area (Å²) in [5.41, 5.74) is 1.86. The molecule has 0 aliphatic carbocycles. The van der Waals surface area contributed by atoms with E-state index < -0.39 is 5.97 Å². The molecule has 0 spiro atoms. The van der Waals surface area contributed by atoms with Gasteiger partial charge in [-0.05, 0) is 25.8 Å². The zero-order valence-corrected chi connectivity index (χ0v) is 19.9. The van der Waals surface area contributed by atoms with Crippen LogP contribution in [0.2, 0.25) is 0 Å². The second-order valence-electron chi connectivity index (χ2n) is 7.49. The van der Waals surface area contributed by atoms with E-state index in [0.717, 1.165) is 11.1 Å². The molecule has 0 aromatic carbocycles. The third kappa shape index (κ3) is 16.1.